The summed E-state index contributed by atoms with van der Waals surface area (Å²) >= 11 is 0. The molecule has 0 spiro atoms. The molecule has 4 N–H and O–H groups in total. The van der Waals surface area contributed by atoms with Crippen LogP contribution in [0.15, 0.2) is 65.7 Å². The molecule has 0 saturated heterocycles. The summed E-state index contributed by atoms with van der Waals surface area (Å²) < 4.78 is 41.3. The standard InChI is InChI=1S/C30H30F3N7O2/c1-17(15-23(34)21-7-4-3-5-8-21)35-29-39-26-24(40(29)16-19-11-13-22(14-12-19)30(31,32)33)25(37-27(38-26)28(41)42)36-18(2)20-9-6-10-20/h3-5,7-8,11-15,18,20H,6,9-10,16,34H2,1-2H3,(H,41,42)(H,36,37,38)/t18-/m1/s1. The van der Waals surface area contributed by atoms with Crippen molar-refractivity contribution in [1.29, 1.82) is 0 Å². The van der Waals surface area contributed by atoms with E-state index < -0.39 is 23.5 Å². The summed E-state index contributed by atoms with van der Waals surface area (Å²) in [6.07, 6.45) is 0.433. The Labute approximate surface area is 240 Å². The molecule has 5 rings (SSSR count). The van der Waals surface area contributed by atoms with Gasteiger partial charge in [-0.3, -0.25) is 4.57 Å². The van der Waals surface area contributed by atoms with Gasteiger partial charge in [-0.25, -0.2) is 19.8 Å². The lowest BCUT2D eigenvalue weighted by molar-refractivity contribution is -0.137. The molecular formula is C30H30F3N7O2. The number of carbonyl (C=O) groups is 1. The Bertz CT molecular complexity index is 1660. The summed E-state index contributed by atoms with van der Waals surface area (Å²) in [4.78, 5) is 29.6. The normalized spacial score (nSPS) is 15.5. The topological polar surface area (TPSA) is 131 Å². The Hall–Kier alpha value is -4.74. The molecule has 1 aliphatic carbocycles. The molecule has 0 amide bonds. The van der Waals surface area contributed by atoms with Crippen LogP contribution < -0.4 is 11.1 Å². The lowest BCUT2D eigenvalue weighted by atomic mass is 9.80. The number of alkyl halides is 3. The first-order valence-corrected chi connectivity index (χ1v) is 13.5. The Kier molecular flexibility index (Phi) is 7.97. The van der Waals surface area contributed by atoms with E-state index in [2.05, 4.69) is 25.3 Å². The van der Waals surface area contributed by atoms with Gasteiger partial charge in [0.1, 0.15) is 5.52 Å². The second kappa shape index (κ2) is 11.6. The van der Waals surface area contributed by atoms with Crippen molar-refractivity contribution in [1.82, 2.24) is 19.5 Å². The maximum absolute atomic E-state index is 13.2. The van der Waals surface area contributed by atoms with Crippen LogP contribution in [-0.4, -0.2) is 42.3 Å². The van der Waals surface area contributed by atoms with Crippen LogP contribution in [0.2, 0.25) is 0 Å². The average Bonchev–Trinajstić information content (AvgIpc) is 3.24. The van der Waals surface area contributed by atoms with Crippen molar-refractivity contribution in [3.63, 3.8) is 0 Å². The number of benzene rings is 2. The first kappa shape index (κ1) is 28.8. The Morgan fingerprint density at radius 1 is 1.14 bits per heavy atom. The van der Waals surface area contributed by atoms with Gasteiger partial charge in [0.2, 0.25) is 11.8 Å². The maximum Gasteiger partial charge on any atom is 0.416 e. The van der Waals surface area contributed by atoms with Crippen molar-refractivity contribution in [2.24, 2.45) is 16.6 Å². The van der Waals surface area contributed by atoms with Crippen LogP contribution in [0.1, 0.15) is 60.4 Å². The lowest BCUT2D eigenvalue weighted by Crippen LogP contribution is -2.31. The second-order valence-electron chi connectivity index (χ2n) is 10.4. The maximum atomic E-state index is 13.2. The van der Waals surface area contributed by atoms with E-state index in [1.807, 2.05) is 37.3 Å². The minimum absolute atomic E-state index is 0.00444. The molecular weight excluding hydrogens is 547 g/mol. The van der Waals surface area contributed by atoms with Crippen molar-refractivity contribution >= 4 is 40.3 Å². The van der Waals surface area contributed by atoms with E-state index in [0.717, 1.165) is 37.0 Å². The summed E-state index contributed by atoms with van der Waals surface area (Å²) in [5.74, 6) is -0.885. The van der Waals surface area contributed by atoms with Gasteiger partial charge in [0.05, 0.1) is 12.1 Å². The van der Waals surface area contributed by atoms with E-state index in [1.54, 1.807) is 17.6 Å². The SMILES string of the molecule is CC(C=C(N)c1ccccc1)=Nc1nc2nc(C(=O)O)nc(N[C@H](C)C3CCC3)c2n1Cc1ccc(C(F)(F)F)cc1. The molecule has 2 aromatic carbocycles. The third kappa shape index (κ3) is 6.27. The summed E-state index contributed by atoms with van der Waals surface area (Å²) in [7, 11) is 0. The predicted octanol–water partition coefficient (Wildman–Crippen LogP) is 6.28. The first-order chi connectivity index (χ1) is 20.0. The van der Waals surface area contributed by atoms with Gasteiger partial charge in [0, 0.05) is 17.5 Å². The number of carboxylic acids is 1. The fraction of sp³-hybridized carbons (Fsp3) is 0.300. The highest BCUT2D eigenvalue weighted by Gasteiger charge is 2.30. The first-order valence-electron chi connectivity index (χ1n) is 13.5. The Balaban J connectivity index is 1.63. The summed E-state index contributed by atoms with van der Waals surface area (Å²) in [5, 5.41) is 13.0. The van der Waals surface area contributed by atoms with Gasteiger partial charge in [0.15, 0.2) is 11.5 Å². The second-order valence-corrected chi connectivity index (χ2v) is 10.4. The third-order valence-corrected chi connectivity index (χ3v) is 7.37. The number of fused-ring (bicyclic) bond motifs is 1. The van der Waals surface area contributed by atoms with Crippen LogP contribution in [0.25, 0.3) is 16.9 Å². The van der Waals surface area contributed by atoms with E-state index in [9.17, 15) is 23.1 Å². The van der Waals surface area contributed by atoms with Crippen LogP contribution in [-0.2, 0) is 12.7 Å². The van der Waals surface area contributed by atoms with Gasteiger partial charge in [-0.15, -0.1) is 0 Å². The number of aromatic nitrogens is 4. The number of rotatable bonds is 9. The Morgan fingerprint density at radius 2 is 1.83 bits per heavy atom. The molecule has 9 nitrogen and oxygen atoms in total. The number of halogens is 3. The number of aliphatic imine (C=N–C) groups is 1. The molecule has 1 atom stereocenters. The van der Waals surface area contributed by atoms with Crippen LogP contribution >= 0.6 is 0 Å². The van der Waals surface area contributed by atoms with Crippen LogP contribution in [0.4, 0.5) is 24.9 Å². The number of nitrogens with zero attached hydrogens (tertiary/aromatic N) is 5. The molecule has 218 valence electrons. The number of nitrogens with one attached hydrogen (secondary N) is 1. The minimum Gasteiger partial charge on any atom is -0.475 e. The van der Waals surface area contributed by atoms with Crippen molar-refractivity contribution in [2.45, 2.75) is 51.9 Å². The van der Waals surface area contributed by atoms with Crippen LogP contribution in [0, 0.1) is 5.92 Å². The molecule has 1 saturated carbocycles. The monoisotopic (exact) mass is 577 g/mol. The van der Waals surface area contributed by atoms with Gasteiger partial charge in [-0.05, 0) is 61.9 Å². The number of carboxylic acid groups (broad SMARTS) is 1. The van der Waals surface area contributed by atoms with Gasteiger partial charge in [-0.2, -0.15) is 18.2 Å². The lowest BCUT2D eigenvalue weighted by Gasteiger charge is -2.32. The van der Waals surface area contributed by atoms with Crippen molar-refractivity contribution in [2.75, 3.05) is 5.32 Å². The molecule has 1 fully saturated rings. The number of anilines is 1. The van der Waals surface area contributed by atoms with Gasteiger partial charge in [-0.1, -0.05) is 48.9 Å². The highest BCUT2D eigenvalue weighted by atomic mass is 19.4. The summed E-state index contributed by atoms with van der Waals surface area (Å²) in [5.41, 5.74) is 8.36. The van der Waals surface area contributed by atoms with E-state index in [1.165, 1.54) is 12.1 Å². The van der Waals surface area contributed by atoms with Crippen molar-refractivity contribution in [3.8, 4) is 0 Å². The highest BCUT2D eigenvalue weighted by Crippen LogP contribution is 2.34. The number of allylic oxidation sites excluding steroid dienone is 1. The van der Waals surface area contributed by atoms with Crippen LogP contribution in [0.5, 0.6) is 0 Å². The van der Waals surface area contributed by atoms with Gasteiger partial charge < -0.3 is 16.2 Å². The molecule has 0 unspecified atom stereocenters. The highest BCUT2D eigenvalue weighted by molar-refractivity contribution is 6.00. The fourth-order valence-corrected chi connectivity index (χ4v) is 4.84. The van der Waals surface area contributed by atoms with Gasteiger partial charge in [0.25, 0.3) is 0 Å². The van der Waals surface area contributed by atoms with E-state index in [4.69, 9.17) is 5.73 Å². The molecule has 42 heavy (non-hydrogen) atoms. The van der Waals surface area contributed by atoms with E-state index in [-0.39, 0.29) is 30.0 Å². The van der Waals surface area contributed by atoms with E-state index in [0.29, 0.717) is 28.4 Å². The molecule has 4 aromatic rings. The fourth-order valence-electron chi connectivity index (χ4n) is 4.84. The summed E-state index contributed by atoms with van der Waals surface area (Å²) in [6, 6.07) is 14.1. The average molecular weight is 578 g/mol. The molecule has 2 heterocycles. The van der Waals surface area contributed by atoms with E-state index >= 15 is 0 Å². The van der Waals surface area contributed by atoms with Gasteiger partial charge >= 0.3 is 12.1 Å². The molecule has 12 heteroatoms. The zero-order chi connectivity index (χ0) is 30.0. The van der Waals surface area contributed by atoms with Crippen LogP contribution in [0.3, 0.4) is 0 Å². The molecule has 0 radical (unpaired) electrons. The number of imidazole rings is 1. The molecule has 0 aliphatic heterocycles. The zero-order valence-corrected chi connectivity index (χ0v) is 23.1. The third-order valence-electron chi connectivity index (χ3n) is 7.37. The molecule has 1 aliphatic rings. The number of aromatic carboxylic acids is 1. The Morgan fingerprint density at radius 3 is 2.43 bits per heavy atom. The minimum atomic E-state index is -4.46. The molecule has 2 aromatic heterocycles. The van der Waals surface area contributed by atoms with Crippen molar-refractivity contribution in [3.05, 3.63) is 83.2 Å². The summed E-state index contributed by atoms with van der Waals surface area (Å²) in [6.45, 7) is 3.83. The number of hydrogen-bond donors (Lipinski definition) is 3. The zero-order valence-electron chi connectivity index (χ0n) is 23.1. The smallest absolute Gasteiger partial charge is 0.416 e. The quantitative estimate of drug-likeness (QED) is 0.199. The number of hydrogen-bond acceptors (Lipinski definition) is 7. The number of nitrogens with two attached hydrogens (primary N) is 1. The predicted molar refractivity (Wildman–Crippen MR) is 155 cm³/mol. The largest absolute Gasteiger partial charge is 0.475 e. The van der Waals surface area contributed by atoms with Crippen molar-refractivity contribution < 1.29 is 23.1 Å². The molecule has 0 bridgehead atoms.